The number of hydrogen-bond donors (Lipinski definition) is 1. The molecule has 0 amide bonds. The van der Waals surface area contributed by atoms with Crippen molar-refractivity contribution in [3.05, 3.63) is 0 Å². The summed E-state index contributed by atoms with van der Waals surface area (Å²) < 4.78 is 0. The van der Waals surface area contributed by atoms with Crippen molar-refractivity contribution in [1.29, 1.82) is 0 Å². The summed E-state index contributed by atoms with van der Waals surface area (Å²) in [5, 5.41) is 0. The third-order valence-electron chi connectivity index (χ3n) is 5.42. The topological polar surface area (TPSA) is 26.0 Å². The molecule has 0 aromatic heterocycles. The monoisotopic (exact) mass is 237 g/mol. The standard InChI is InChI=1S/C16H31N/c1-2-3-7-14-10-12-16(17,13-11-14)15-8-5-4-6-9-15/h14-15H,2-13,17H2,1H3. The van der Waals surface area contributed by atoms with E-state index in [0.29, 0.717) is 0 Å². The molecule has 0 spiro atoms. The zero-order chi connectivity index (χ0) is 12.1. The third-order valence-corrected chi connectivity index (χ3v) is 5.42. The molecule has 0 aliphatic heterocycles. The molecule has 2 rings (SSSR count). The summed E-state index contributed by atoms with van der Waals surface area (Å²) in [4.78, 5) is 0. The van der Waals surface area contributed by atoms with E-state index in [1.807, 2.05) is 0 Å². The fourth-order valence-electron chi connectivity index (χ4n) is 4.08. The van der Waals surface area contributed by atoms with Gasteiger partial charge in [0.25, 0.3) is 0 Å². The van der Waals surface area contributed by atoms with Crippen LogP contribution in [-0.4, -0.2) is 5.54 Å². The summed E-state index contributed by atoms with van der Waals surface area (Å²) >= 11 is 0. The van der Waals surface area contributed by atoms with Crippen molar-refractivity contribution in [3.8, 4) is 0 Å². The summed E-state index contributed by atoms with van der Waals surface area (Å²) in [5.41, 5.74) is 6.95. The van der Waals surface area contributed by atoms with E-state index in [1.54, 1.807) is 0 Å². The quantitative estimate of drug-likeness (QED) is 0.757. The number of hydrogen-bond acceptors (Lipinski definition) is 1. The molecule has 2 aliphatic rings. The van der Waals surface area contributed by atoms with Crippen LogP contribution in [0.4, 0.5) is 0 Å². The van der Waals surface area contributed by atoms with Crippen molar-refractivity contribution in [3.63, 3.8) is 0 Å². The molecule has 2 saturated carbocycles. The minimum atomic E-state index is 0.225. The van der Waals surface area contributed by atoms with Crippen LogP contribution in [0.2, 0.25) is 0 Å². The lowest BCUT2D eigenvalue weighted by molar-refractivity contribution is 0.126. The van der Waals surface area contributed by atoms with Gasteiger partial charge in [-0.15, -0.1) is 0 Å². The van der Waals surface area contributed by atoms with E-state index < -0.39 is 0 Å². The fraction of sp³-hybridized carbons (Fsp3) is 1.00. The summed E-state index contributed by atoms with van der Waals surface area (Å²) in [6, 6.07) is 0. The van der Waals surface area contributed by atoms with Gasteiger partial charge in [-0.2, -0.15) is 0 Å². The lowest BCUT2D eigenvalue weighted by atomic mass is 9.65. The van der Waals surface area contributed by atoms with Crippen molar-refractivity contribution in [2.45, 2.75) is 89.5 Å². The molecule has 1 nitrogen and oxygen atoms in total. The molecule has 0 aromatic carbocycles. The second kappa shape index (κ2) is 6.22. The molecule has 0 atom stereocenters. The van der Waals surface area contributed by atoms with Gasteiger partial charge in [0.1, 0.15) is 0 Å². The van der Waals surface area contributed by atoms with Gasteiger partial charge in [-0.1, -0.05) is 45.4 Å². The number of nitrogens with two attached hydrogens (primary N) is 1. The molecule has 2 aliphatic carbocycles. The first kappa shape index (κ1) is 13.4. The Hall–Kier alpha value is -0.0400. The second-order valence-corrected chi connectivity index (χ2v) is 6.65. The predicted molar refractivity (Wildman–Crippen MR) is 75.0 cm³/mol. The van der Waals surface area contributed by atoms with Crippen molar-refractivity contribution in [2.75, 3.05) is 0 Å². The van der Waals surface area contributed by atoms with E-state index in [-0.39, 0.29) is 5.54 Å². The Labute approximate surface area is 108 Å². The average molecular weight is 237 g/mol. The van der Waals surface area contributed by atoms with Gasteiger partial charge >= 0.3 is 0 Å². The SMILES string of the molecule is CCCCC1CCC(N)(C2CCCCC2)CC1. The van der Waals surface area contributed by atoms with E-state index >= 15 is 0 Å². The summed E-state index contributed by atoms with van der Waals surface area (Å²) in [6.07, 6.45) is 16.8. The Balaban J connectivity index is 1.79. The normalized spacial score (nSPS) is 36.0. The highest BCUT2D eigenvalue weighted by molar-refractivity contribution is 4.96. The fourth-order valence-corrected chi connectivity index (χ4v) is 4.08. The molecular weight excluding hydrogens is 206 g/mol. The molecule has 0 aromatic rings. The van der Waals surface area contributed by atoms with E-state index in [0.717, 1.165) is 11.8 Å². The van der Waals surface area contributed by atoms with Gasteiger partial charge in [-0.05, 0) is 50.4 Å². The van der Waals surface area contributed by atoms with Crippen LogP contribution >= 0.6 is 0 Å². The molecular formula is C16H31N. The maximum Gasteiger partial charge on any atom is 0.0183 e. The molecule has 0 unspecified atom stereocenters. The van der Waals surface area contributed by atoms with Gasteiger partial charge < -0.3 is 5.73 Å². The summed E-state index contributed by atoms with van der Waals surface area (Å²) in [6.45, 7) is 2.30. The Morgan fingerprint density at radius 3 is 2.24 bits per heavy atom. The Morgan fingerprint density at radius 1 is 1.00 bits per heavy atom. The molecule has 0 bridgehead atoms. The van der Waals surface area contributed by atoms with E-state index in [1.165, 1.54) is 77.0 Å². The first-order valence-corrected chi connectivity index (χ1v) is 8.03. The number of unbranched alkanes of at least 4 members (excludes halogenated alkanes) is 1. The largest absolute Gasteiger partial charge is 0.325 e. The average Bonchev–Trinajstić information content (AvgIpc) is 2.39. The van der Waals surface area contributed by atoms with Gasteiger partial charge in [0.15, 0.2) is 0 Å². The first-order chi connectivity index (χ1) is 8.24. The molecule has 100 valence electrons. The Kier molecular flexibility index (Phi) is 4.90. The van der Waals surface area contributed by atoms with Crippen molar-refractivity contribution >= 4 is 0 Å². The maximum absolute atomic E-state index is 6.72. The van der Waals surface area contributed by atoms with E-state index in [4.69, 9.17) is 5.73 Å². The van der Waals surface area contributed by atoms with Crippen LogP contribution in [-0.2, 0) is 0 Å². The highest BCUT2D eigenvalue weighted by Crippen LogP contribution is 2.42. The van der Waals surface area contributed by atoms with Crippen molar-refractivity contribution in [1.82, 2.24) is 0 Å². The summed E-state index contributed by atoms with van der Waals surface area (Å²) in [7, 11) is 0. The lowest BCUT2D eigenvalue weighted by Crippen LogP contribution is -2.50. The van der Waals surface area contributed by atoms with Crippen LogP contribution in [0.15, 0.2) is 0 Å². The highest BCUT2D eigenvalue weighted by Gasteiger charge is 2.38. The highest BCUT2D eigenvalue weighted by atomic mass is 14.8. The zero-order valence-electron chi connectivity index (χ0n) is 11.7. The van der Waals surface area contributed by atoms with Crippen LogP contribution in [0.3, 0.4) is 0 Å². The molecule has 1 heteroatoms. The minimum Gasteiger partial charge on any atom is -0.325 e. The molecule has 0 heterocycles. The van der Waals surface area contributed by atoms with Crippen LogP contribution in [0.1, 0.15) is 84.0 Å². The zero-order valence-corrected chi connectivity index (χ0v) is 11.7. The van der Waals surface area contributed by atoms with E-state index in [9.17, 15) is 0 Å². The third kappa shape index (κ3) is 3.47. The predicted octanol–water partition coefficient (Wildman–Crippen LogP) is 4.64. The van der Waals surface area contributed by atoms with Gasteiger partial charge in [0, 0.05) is 5.54 Å². The molecule has 17 heavy (non-hydrogen) atoms. The van der Waals surface area contributed by atoms with Gasteiger partial charge in [-0.25, -0.2) is 0 Å². The van der Waals surface area contributed by atoms with E-state index in [2.05, 4.69) is 6.92 Å². The molecule has 2 N–H and O–H groups in total. The van der Waals surface area contributed by atoms with Crippen LogP contribution in [0.5, 0.6) is 0 Å². The maximum atomic E-state index is 6.72. The van der Waals surface area contributed by atoms with Crippen LogP contribution < -0.4 is 5.73 Å². The first-order valence-electron chi connectivity index (χ1n) is 8.03. The van der Waals surface area contributed by atoms with Gasteiger partial charge in [0.2, 0.25) is 0 Å². The van der Waals surface area contributed by atoms with Crippen LogP contribution in [0.25, 0.3) is 0 Å². The Bertz CT molecular complexity index is 210. The number of rotatable bonds is 4. The molecule has 2 fully saturated rings. The molecule has 0 radical (unpaired) electrons. The van der Waals surface area contributed by atoms with Gasteiger partial charge in [0.05, 0.1) is 0 Å². The van der Waals surface area contributed by atoms with Crippen molar-refractivity contribution < 1.29 is 0 Å². The second-order valence-electron chi connectivity index (χ2n) is 6.65. The lowest BCUT2D eigenvalue weighted by Gasteiger charge is -2.44. The van der Waals surface area contributed by atoms with Gasteiger partial charge in [-0.3, -0.25) is 0 Å². The van der Waals surface area contributed by atoms with Crippen molar-refractivity contribution in [2.24, 2.45) is 17.6 Å². The smallest absolute Gasteiger partial charge is 0.0183 e. The Morgan fingerprint density at radius 2 is 1.65 bits per heavy atom. The van der Waals surface area contributed by atoms with Crippen LogP contribution in [0, 0.1) is 11.8 Å². The molecule has 0 saturated heterocycles. The summed E-state index contributed by atoms with van der Waals surface area (Å²) in [5.74, 6) is 1.85. The minimum absolute atomic E-state index is 0.225.